The summed E-state index contributed by atoms with van der Waals surface area (Å²) in [7, 11) is 2.78. The van der Waals surface area contributed by atoms with Crippen LogP contribution in [0.3, 0.4) is 0 Å². The van der Waals surface area contributed by atoms with Crippen LogP contribution in [0.25, 0.3) is 5.69 Å². The molecule has 1 aromatic heterocycles. The van der Waals surface area contributed by atoms with Gasteiger partial charge >= 0.3 is 5.97 Å². The minimum Gasteiger partial charge on any atom is -0.493 e. The van der Waals surface area contributed by atoms with Crippen molar-refractivity contribution < 1.29 is 23.7 Å². The Labute approximate surface area is 144 Å². The quantitative estimate of drug-likeness (QED) is 0.819. The van der Waals surface area contributed by atoms with Gasteiger partial charge in [0, 0.05) is 18.0 Å². The molecule has 3 rings (SSSR count). The zero-order valence-corrected chi connectivity index (χ0v) is 13.8. The lowest BCUT2D eigenvalue weighted by molar-refractivity contribution is -0.0803. The second kappa shape index (κ2) is 6.75. The van der Waals surface area contributed by atoms with Crippen LogP contribution in [0.1, 0.15) is 16.1 Å². The van der Waals surface area contributed by atoms with Crippen LogP contribution in [0.5, 0.6) is 11.5 Å². The van der Waals surface area contributed by atoms with Gasteiger partial charge in [-0.2, -0.15) is 5.26 Å². The molecule has 0 unspecified atom stereocenters. The van der Waals surface area contributed by atoms with E-state index in [0.717, 1.165) is 0 Å². The molecule has 1 saturated heterocycles. The lowest BCUT2D eigenvalue weighted by Crippen LogP contribution is -2.38. The van der Waals surface area contributed by atoms with Gasteiger partial charge in [-0.1, -0.05) is 0 Å². The number of hydrogen-bond acceptors (Lipinski definition) is 7. The van der Waals surface area contributed by atoms with Crippen molar-refractivity contribution in [1.29, 1.82) is 5.26 Å². The smallest absolute Gasteiger partial charge is 0.357 e. The lowest BCUT2D eigenvalue weighted by Gasteiger charge is -2.27. The molecule has 0 spiro atoms. The Balaban J connectivity index is 2.04. The largest absolute Gasteiger partial charge is 0.493 e. The van der Waals surface area contributed by atoms with Gasteiger partial charge in [0.25, 0.3) is 0 Å². The molecule has 2 aromatic rings. The average molecular weight is 343 g/mol. The molecule has 2 heterocycles. The van der Waals surface area contributed by atoms with Gasteiger partial charge in [-0.3, -0.25) is 0 Å². The number of nitrogens with zero attached hydrogens (tertiary/aromatic N) is 2. The van der Waals surface area contributed by atoms with E-state index >= 15 is 0 Å². The number of nitriles is 1. The van der Waals surface area contributed by atoms with E-state index < -0.39 is 5.97 Å². The molecule has 0 atom stereocenters. The Kier molecular flexibility index (Phi) is 4.50. The highest BCUT2D eigenvalue weighted by molar-refractivity contribution is 5.96. The zero-order valence-electron chi connectivity index (χ0n) is 13.8. The second-order valence-corrected chi connectivity index (χ2v) is 5.39. The SMILES string of the molecule is COC(=O)c1c(N)c(C#N)cn1-c1ccc(OC2COC2)c(OC)c1. The number of benzene rings is 1. The molecule has 1 aliphatic heterocycles. The van der Waals surface area contributed by atoms with E-state index in [0.29, 0.717) is 30.4 Å². The van der Waals surface area contributed by atoms with Crippen molar-refractivity contribution in [3.05, 3.63) is 35.7 Å². The summed E-state index contributed by atoms with van der Waals surface area (Å²) in [5.74, 6) is 0.427. The molecule has 1 aliphatic rings. The summed E-state index contributed by atoms with van der Waals surface area (Å²) >= 11 is 0. The first kappa shape index (κ1) is 16.7. The van der Waals surface area contributed by atoms with E-state index in [4.69, 9.17) is 24.7 Å². The molecule has 0 bridgehead atoms. The Hall–Kier alpha value is -3.18. The Bertz CT molecular complexity index is 849. The molecule has 2 N–H and O–H groups in total. The first-order valence-electron chi connectivity index (χ1n) is 7.51. The van der Waals surface area contributed by atoms with Gasteiger partial charge in [0.15, 0.2) is 17.2 Å². The van der Waals surface area contributed by atoms with Crippen LogP contribution in [0, 0.1) is 11.3 Å². The molecule has 0 radical (unpaired) electrons. The number of carbonyl (C=O) groups is 1. The molecule has 8 nitrogen and oxygen atoms in total. The lowest BCUT2D eigenvalue weighted by atomic mass is 10.2. The highest BCUT2D eigenvalue weighted by Crippen LogP contribution is 2.33. The zero-order chi connectivity index (χ0) is 18.0. The Morgan fingerprint density at radius 3 is 2.68 bits per heavy atom. The van der Waals surface area contributed by atoms with Crippen molar-refractivity contribution in [2.75, 3.05) is 33.2 Å². The maximum absolute atomic E-state index is 12.1. The maximum atomic E-state index is 12.1. The second-order valence-electron chi connectivity index (χ2n) is 5.39. The molecule has 1 aromatic carbocycles. The summed E-state index contributed by atoms with van der Waals surface area (Å²) in [6.45, 7) is 1.08. The van der Waals surface area contributed by atoms with Crippen molar-refractivity contribution in [3.8, 4) is 23.3 Å². The van der Waals surface area contributed by atoms with Gasteiger partial charge in [0.05, 0.1) is 38.7 Å². The highest BCUT2D eigenvalue weighted by Gasteiger charge is 2.24. The molecule has 0 aliphatic carbocycles. The Morgan fingerprint density at radius 2 is 2.12 bits per heavy atom. The molecular formula is C17H17N3O5. The third-order valence-electron chi connectivity index (χ3n) is 3.87. The number of nitrogens with two attached hydrogens (primary N) is 1. The van der Waals surface area contributed by atoms with Crippen LogP contribution >= 0.6 is 0 Å². The van der Waals surface area contributed by atoms with Crippen molar-refractivity contribution in [2.45, 2.75) is 6.10 Å². The molecule has 0 amide bonds. The number of carbonyl (C=O) groups excluding carboxylic acids is 1. The van der Waals surface area contributed by atoms with Crippen molar-refractivity contribution >= 4 is 11.7 Å². The number of ether oxygens (including phenoxy) is 4. The fourth-order valence-electron chi connectivity index (χ4n) is 2.48. The molecule has 8 heteroatoms. The van der Waals surface area contributed by atoms with E-state index in [-0.39, 0.29) is 23.0 Å². The predicted octanol–water partition coefficient (Wildman–Crippen LogP) is 1.50. The van der Waals surface area contributed by atoms with Crippen LogP contribution in [-0.4, -0.2) is 44.1 Å². The third-order valence-corrected chi connectivity index (χ3v) is 3.87. The van der Waals surface area contributed by atoms with Crippen LogP contribution in [0.15, 0.2) is 24.4 Å². The summed E-state index contributed by atoms with van der Waals surface area (Å²) in [6.07, 6.45) is 1.48. The predicted molar refractivity (Wildman–Crippen MR) is 88.0 cm³/mol. The fraction of sp³-hybridized carbons (Fsp3) is 0.294. The summed E-state index contributed by atoms with van der Waals surface area (Å²) in [5.41, 5.74) is 6.83. The van der Waals surface area contributed by atoms with Gasteiger partial charge in [-0.25, -0.2) is 4.79 Å². The first-order chi connectivity index (χ1) is 12.1. The van der Waals surface area contributed by atoms with Crippen LogP contribution in [0.2, 0.25) is 0 Å². The average Bonchev–Trinajstić information content (AvgIpc) is 2.93. The number of nitrogen functional groups attached to an aromatic ring is 1. The number of anilines is 1. The van der Waals surface area contributed by atoms with Crippen LogP contribution < -0.4 is 15.2 Å². The topological polar surface area (TPSA) is 109 Å². The first-order valence-corrected chi connectivity index (χ1v) is 7.51. The third kappa shape index (κ3) is 2.97. The summed E-state index contributed by atoms with van der Waals surface area (Å²) in [4.78, 5) is 12.1. The normalized spacial score (nSPS) is 13.6. The van der Waals surface area contributed by atoms with Crippen molar-refractivity contribution in [2.24, 2.45) is 0 Å². The van der Waals surface area contributed by atoms with E-state index in [1.165, 1.54) is 25.0 Å². The number of esters is 1. The number of rotatable bonds is 5. The fourth-order valence-corrected chi connectivity index (χ4v) is 2.48. The Morgan fingerprint density at radius 1 is 1.36 bits per heavy atom. The van der Waals surface area contributed by atoms with Gasteiger partial charge < -0.3 is 29.2 Å². The van der Waals surface area contributed by atoms with Gasteiger partial charge in [0.2, 0.25) is 0 Å². The summed E-state index contributed by atoms with van der Waals surface area (Å²) in [5, 5.41) is 9.18. The molecular weight excluding hydrogens is 326 g/mol. The van der Waals surface area contributed by atoms with E-state index in [1.807, 2.05) is 6.07 Å². The monoisotopic (exact) mass is 343 g/mol. The summed E-state index contributed by atoms with van der Waals surface area (Å²) < 4.78 is 22.5. The minimum absolute atomic E-state index is 0.00204. The molecule has 25 heavy (non-hydrogen) atoms. The van der Waals surface area contributed by atoms with Crippen LogP contribution in [0.4, 0.5) is 5.69 Å². The highest BCUT2D eigenvalue weighted by atomic mass is 16.6. The maximum Gasteiger partial charge on any atom is 0.357 e. The number of aromatic nitrogens is 1. The number of hydrogen-bond donors (Lipinski definition) is 1. The van der Waals surface area contributed by atoms with Crippen LogP contribution in [-0.2, 0) is 9.47 Å². The van der Waals surface area contributed by atoms with Crippen molar-refractivity contribution in [1.82, 2.24) is 4.57 Å². The van der Waals surface area contributed by atoms with Crippen molar-refractivity contribution in [3.63, 3.8) is 0 Å². The number of methoxy groups -OCH3 is 2. The molecule has 1 fully saturated rings. The van der Waals surface area contributed by atoms with E-state index in [2.05, 4.69) is 0 Å². The van der Waals surface area contributed by atoms with E-state index in [9.17, 15) is 10.1 Å². The van der Waals surface area contributed by atoms with Gasteiger partial charge in [0.1, 0.15) is 12.2 Å². The summed E-state index contributed by atoms with van der Waals surface area (Å²) in [6, 6.07) is 7.13. The molecule has 130 valence electrons. The molecule has 0 saturated carbocycles. The van der Waals surface area contributed by atoms with Gasteiger partial charge in [-0.05, 0) is 12.1 Å². The van der Waals surface area contributed by atoms with E-state index in [1.54, 1.807) is 18.2 Å². The van der Waals surface area contributed by atoms with Gasteiger partial charge in [-0.15, -0.1) is 0 Å². The minimum atomic E-state index is -0.634. The standard InChI is InChI=1S/C17H17N3O5/c1-22-14-5-11(3-4-13(14)25-12-8-24-9-12)20-7-10(6-18)15(19)16(20)17(21)23-2/h3-5,7,12H,8-9,19H2,1-2H3.